The SMILES string of the molecule is Cc1cc([C@H](C)N[C@H](C)c2ccc(-n3cncn3)cc2)c(C)s1. The molecule has 2 aromatic heterocycles. The second kappa shape index (κ2) is 6.64. The summed E-state index contributed by atoms with van der Waals surface area (Å²) in [6.07, 6.45) is 3.26. The van der Waals surface area contributed by atoms with Crippen molar-refractivity contribution in [2.75, 3.05) is 0 Å². The van der Waals surface area contributed by atoms with Gasteiger partial charge in [-0.15, -0.1) is 11.3 Å². The first-order valence-electron chi connectivity index (χ1n) is 7.82. The zero-order valence-electron chi connectivity index (χ0n) is 13.9. The molecule has 3 aromatic rings. The van der Waals surface area contributed by atoms with Crippen LogP contribution in [0, 0.1) is 13.8 Å². The largest absolute Gasteiger partial charge is 0.304 e. The minimum atomic E-state index is 0.286. The molecule has 23 heavy (non-hydrogen) atoms. The van der Waals surface area contributed by atoms with Crippen molar-refractivity contribution in [3.63, 3.8) is 0 Å². The topological polar surface area (TPSA) is 42.7 Å². The lowest BCUT2D eigenvalue weighted by atomic mass is 10.0. The first kappa shape index (κ1) is 15.9. The number of nitrogens with one attached hydrogen (secondary N) is 1. The highest BCUT2D eigenvalue weighted by Crippen LogP contribution is 2.28. The molecule has 0 bridgehead atoms. The summed E-state index contributed by atoms with van der Waals surface area (Å²) in [6, 6.07) is 11.4. The van der Waals surface area contributed by atoms with Crippen LogP contribution in [0.5, 0.6) is 0 Å². The van der Waals surface area contributed by atoms with Crippen LogP contribution < -0.4 is 5.32 Å². The summed E-state index contributed by atoms with van der Waals surface area (Å²) in [5, 5.41) is 7.84. The monoisotopic (exact) mass is 326 g/mol. The van der Waals surface area contributed by atoms with Crippen molar-refractivity contribution >= 4 is 11.3 Å². The van der Waals surface area contributed by atoms with Crippen LogP contribution in [0.15, 0.2) is 43.0 Å². The fraction of sp³-hybridized carbons (Fsp3) is 0.333. The van der Waals surface area contributed by atoms with E-state index in [2.05, 4.69) is 73.4 Å². The Morgan fingerprint density at radius 2 is 1.83 bits per heavy atom. The molecule has 0 aliphatic heterocycles. The predicted octanol–water partition coefficient (Wildman–Crippen LogP) is 4.36. The summed E-state index contributed by atoms with van der Waals surface area (Å²) in [5.74, 6) is 0. The molecule has 4 nitrogen and oxygen atoms in total. The van der Waals surface area contributed by atoms with Crippen molar-refractivity contribution in [2.45, 2.75) is 39.8 Å². The predicted molar refractivity (Wildman–Crippen MR) is 95.1 cm³/mol. The van der Waals surface area contributed by atoms with Crippen LogP contribution in [0.1, 0.15) is 46.8 Å². The Morgan fingerprint density at radius 3 is 2.39 bits per heavy atom. The van der Waals surface area contributed by atoms with Crippen LogP contribution in [-0.2, 0) is 0 Å². The van der Waals surface area contributed by atoms with Crippen LogP contribution >= 0.6 is 11.3 Å². The molecule has 0 spiro atoms. The Morgan fingerprint density at radius 1 is 1.09 bits per heavy atom. The van der Waals surface area contributed by atoms with Gasteiger partial charge in [0.1, 0.15) is 12.7 Å². The first-order valence-corrected chi connectivity index (χ1v) is 8.64. The van der Waals surface area contributed by atoms with Crippen molar-refractivity contribution in [1.82, 2.24) is 20.1 Å². The molecule has 0 aliphatic carbocycles. The van der Waals surface area contributed by atoms with E-state index in [4.69, 9.17) is 0 Å². The zero-order chi connectivity index (χ0) is 16.4. The molecule has 0 amide bonds. The minimum absolute atomic E-state index is 0.286. The van der Waals surface area contributed by atoms with Crippen molar-refractivity contribution in [3.05, 3.63) is 63.9 Å². The van der Waals surface area contributed by atoms with Crippen molar-refractivity contribution < 1.29 is 0 Å². The van der Waals surface area contributed by atoms with Crippen molar-refractivity contribution in [1.29, 1.82) is 0 Å². The molecule has 3 rings (SSSR count). The maximum Gasteiger partial charge on any atom is 0.138 e. The fourth-order valence-corrected chi connectivity index (χ4v) is 3.92. The van der Waals surface area contributed by atoms with Gasteiger partial charge in [0.05, 0.1) is 5.69 Å². The Balaban J connectivity index is 1.70. The van der Waals surface area contributed by atoms with Crippen molar-refractivity contribution in [3.8, 4) is 5.69 Å². The summed E-state index contributed by atoms with van der Waals surface area (Å²) in [4.78, 5) is 6.75. The van der Waals surface area contributed by atoms with Gasteiger partial charge in [-0.1, -0.05) is 12.1 Å². The van der Waals surface area contributed by atoms with E-state index < -0.39 is 0 Å². The Kier molecular flexibility index (Phi) is 4.59. The molecule has 2 atom stereocenters. The van der Waals surface area contributed by atoms with E-state index in [1.807, 2.05) is 11.3 Å². The molecule has 0 radical (unpaired) electrons. The Hall–Kier alpha value is -1.98. The number of nitrogens with zero attached hydrogens (tertiary/aromatic N) is 3. The standard InChI is InChI=1S/C18H22N4S/c1-12-9-18(15(4)23-12)14(3)21-13(2)16-5-7-17(8-6-16)22-11-19-10-20-22/h5-11,13-14,21H,1-4H3/t13-,14+/m1/s1. The molecule has 0 unspecified atom stereocenters. The molecule has 0 aliphatic rings. The fourth-order valence-electron chi connectivity index (χ4n) is 2.90. The number of aromatic nitrogens is 3. The van der Waals surface area contributed by atoms with Gasteiger partial charge < -0.3 is 5.32 Å². The van der Waals surface area contributed by atoms with E-state index >= 15 is 0 Å². The number of rotatable bonds is 5. The Bertz CT molecular complexity index is 759. The van der Waals surface area contributed by atoms with Crippen LogP contribution in [0.25, 0.3) is 5.69 Å². The average molecular weight is 326 g/mol. The van der Waals surface area contributed by atoms with Gasteiger partial charge in [0.25, 0.3) is 0 Å². The molecule has 0 saturated carbocycles. The van der Waals surface area contributed by atoms with Crippen LogP contribution in [0.4, 0.5) is 0 Å². The van der Waals surface area contributed by atoms with E-state index in [1.54, 1.807) is 17.3 Å². The molecule has 1 aromatic carbocycles. The van der Waals surface area contributed by atoms with E-state index in [9.17, 15) is 0 Å². The molecular formula is C18H22N4S. The zero-order valence-corrected chi connectivity index (χ0v) is 14.8. The third kappa shape index (κ3) is 3.51. The highest BCUT2D eigenvalue weighted by Gasteiger charge is 2.14. The lowest BCUT2D eigenvalue weighted by Crippen LogP contribution is -2.22. The molecule has 2 heterocycles. The summed E-state index contributed by atoms with van der Waals surface area (Å²) in [6.45, 7) is 8.80. The quantitative estimate of drug-likeness (QED) is 0.757. The van der Waals surface area contributed by atoms with Crippen molar-refractivity contribution in [2.24, 2.45) is 0 Å². The smallest absolute Gasteiger partial charge is 0.138 e. The molecule has 0 fully saturated rings. The third-order valence-electron chi connectivity index (χ3n) is 4.12. The van der Waals surface area contributed by atoms with Gasteiger partial charge in [-0.25, -0.2) is 9.67 Å². The maximum absolute atomic E-state index is 4.15. The lowest BCUT2D eigenvalue weighted by Gasteiger charge is -2.21. The van der Waals surface area contributed by atoms with Gasteiger partial charge in [0.2, 0.25) is 0 Å². The molecule has 0 saturated heterocycles. The van der Waals surface area contributed by atoms with Crippen LogP contribution in [-0.4, -0.2) is 14.8 Å². The lowest BCUT2D eigenvalue weighted by molar-refractivity contribution is 0.494. The normalized spacial score (nSPS) is 13.9. The average Bonchev–Trinajstić information content (AvgIpc) is 3.17. The van der Waals surface area contributed by atoms with Gasteiger partial charge in [-0.05, 0) is 57.0 Å². The van der Waals surface area contributed by atoms with E-state index in [-0.39, 0.29) is 6.04 Å². The van der Waals surface area contributed by atoms with Gasteiger partial charge in [-0.2, -0.15) is 5.10 Å². The molecule has 120 valence electrons. The third-order valence-corrected chi connectivity index (χ3v) is 5.10. The summed E-state index contributed by atoms with van der Waals surface area (Å²) < 4.78 is 1.77. The van der Waals surface area contributed by atoms with E-state index in [0.717, 1.165) is 5.69 Å². The number of thiophene rings is 1. The number of hydrogen-bond donors (Lipinski definition) is 1. The number of hydrogen-bond acceptors (Lipinski definition) is 4. The van der Waals surface area contributed by atoms with Gasteiger partial charge >= 0.3 is 0 Å². The van der Waals surface area contributed by atoms with Gasteiger partial charge in [-0.3, -0.25) is 0 Å². The number of benzene rings is 1. The van der Waals surface area contributed by atoms with Gasteiger partial charge in [0, 0.05) is 21.8 Å². The molecule has 1 N–H and O–H groups in total. The van der Waals surface area contributed by atoms with Crippen LogP contribution in [0.3, 0.4) is 0 Å². The summed E-state index contributed by atoms with van der Waals surface area (Å²) in [5.41, 5.74) is 3.69. The van der Waals surface area contributed by atoms with Gasteiger partial charge in [0.15, 0.2) is 0 Å². The Labute approximate surface area is 141 Å². The van der Waals surface area contributed by atoms with E-state index in [0.29, 0.717) is 6.04 Å². The van der Waals surface area contributed by atoms with E-state index in [1.165, 1.54) is 20.9 Å². The number of aryl methyl sites for hydroxylation is 2. The maximum atomic E-state index is 4.15. The highest BCUT2D eigenvalue weighted by molar-refractivity contribution is 7.12. The second-order valence-electron chi connectivity index (χ2n) is 5.91. The minimum Gasteiger partial charge on any atom is -0.304 e. The first-order chi connectivity index (χ1) is 11.0. The molecular weight excluding hydrogens is 304 g/mol. The summed E-state index contributed by atoms with van der Waals surface area (Å²) >= 11 is 1.87. The van der Waals surface area contributed by atoms with Crippen LogP contribution in [0.2, 0.25) is 0 Å². The second-order valence-corrected chi connectivity index (χ2v) is 7.37. The summed E-state index contributed by atoms with van der Waals surface area (Å²) in [7, 11) is 0. The highest BCUT2D eigenvalue weighted by atomic mass is 32.1. The molecule has 5 heteroatoms.